The topological polar surface area (TPSA) is 100 Å². The molecule has 0 aliphatic carbocycles. The first-order chi connectivity index (χ1) is 16.7. The van der Waals surface area contributed by atoms with Crippen molar-refractivity contribution in [3.05, 3.63) is 101 Å². The SMILES string of the molecule is COc1cc(/C=C2\N=C(c3ccc([N+](=O)[O-])c(C)c3)OC2=O)cc(I)c1OCc1cccc(Br)c1. The molecule has 1 aliphatic rings. The number of carbonyl (C=O) groups is 1. The van der Waals surface area contributed by atoms with Gasteiger partial charge in [0.05, 0.1) is 15.6 Å². The molecule has 0 atom stereocenters. The van der Waals surface area contributed by atoms with E-state index >= 15 is 0 Å². The molecule has 0 unspecified atom stereocenters. The smallest absolute Gasteiger partial charge is 0.363 e. The van der Waals surface area contributed by atoms with Gasteiger partial charge in [-0.3, -0.25) is 10.1 Å². The number of benzene rings is 3. The number of nitro benzene ring substituents is 1. The third-order valence-electron chi connectivity index (χ3n) is 5.09. The van der Waals surface area contributed by atoms with Gasteiger partial charge in [0.15, 0.2) is 17.2 Å². The molecule has 1 aliphatic heterocycles. The van der Waals surface area contributed by atoms with Crippen molar-refractivity contribution in [2.24, 2.45) is 4.99 Å². The van der Waals surface area contributed by atoms with Crippen LogP contribution >= 0.6 is 38.5 Å². The molecule has 0 radical (unpaired) electrons. The fourth-order valence-corrected chi connectivity index (χ4v) is 4.66. The number of carbonyl (C=O) groups excluding carboxylic acids is 1. The van der Waals surface area contributed by atoms with Gasteiger partial charge in [0, 0.05) is 21.7 Å². The summed E-state index contributed by atoms with van der Waals surface area (Å²) in [5.74, 6) is 0.588. The summed E-state index contributed by atoms with van der Waals surface area (Å²) in [6, 6.07) is 15.9. The van der Waals surface area contributed by atoms with Gasteiger partial charge in [0.1, 0.15) is 6.61 Å². The average Bonchev–Trinajstić information content (AvgIpc) is 3.17. The number of cyclic esters (lactones) is 1. The normalized spacial score (nSPS) is 14.0. The number of methoxy groups -OCH3 is 1. The van der Waals surface area contributed by atoms with Gasteiger partial charge in [-0.05, 0) is 83.1 Å². The molecule has 0 saturated carbocycles. The van der Waals surface area contributed by atoms with Gasteiger partial charge < -0.3 is 14.2 Å². The molecule has 3 aromatic carbocycles. The molecule has 0 amide bonds. The third kappa shape index (κ3) is 5.70. The van der Waals surface area contributed by atoms with Gasteiger partial charge in [-0.1, -0.05) is 28.1 Å². The Bertz CT molecular complexity index is 1400. The van der Waals surface area contributed by atoms with Crippen LogP contribution in [0, 0.1) is 20.6 Å². The summed E-state index contributed by atoms with van der Waals surface area (Å²) in [7, 11) is 1.55. The number of ether oxygens (including phenoxy) is 3. The highest BCUT2D eigenvalue weighted by Gasteiger charge is 2.25. The summed E-state index contributed by atoms with van der Waals surface area (Å²) in [5, 5.41) is 11.1. The second-order valence-electron chi connectivity index (χ2n) is 7.55. The van der Waals surface area contributed by atoms with Gasteiger partial charge in [-0.25, -0.2) is 9.79 Å². The number of nitrogens with zero attached hydrogens (tertiary/aromatic N) is 2. The standard InChI is InChI=1S/C25H18BrIN2O6/c1-14-8-17(6-7-21(14)29(31)32)24-28-20(25(30)35-24)11-16-10-19(27)23(22(12-16)33-2)34-13-15-4-3-5-18(26)9-15/h3-12H,13H2,1-2H3/b20-11-. The maximum absolute atomic E-state index is 12.4. The van der Waals surface area contributed by atoms with Crippen LogP contribution in [-0.2, 0) is 16.1 Å². The van der Waals surface area contributed by atoms with E-state index < -0.39 is 10.9 Å². The van der Waals surface area contributed by atoms with Gasteiger partial charge in [0.25, 0.3) is 5.69 Å². The molecule has 0 N–H and O–H groups in total. The average molecular weight is 649 g/mol. The van der Waals surface area contributed by atoms with E-state index in [-0.39, 0.29) is 17.3 Å². The van der Waals surface area contributed by atoms with Crippen molar-refractivity contribution in [1.29, 1.82) is 0 Å². The predicted molar refractivity (Wildman–Crippen MR) is 143 cm³/mol. The minimum absolute atomic E-state index is 0.0154. The zero-order chi connectivity index (χ0) is 25.1. The zero-order valence-corrected chi connectivity index (χ0v) is 22.3. The first-order valence-corrected chi connectivity index (χ1v) is 12.1. The summed E-state index contributed by atoms with van der Waals surface area (Å²) in [4.78, 5) is 27.3. The van der Waals surface area contributed by atoms with Crippen molar-refractivity contribution < 1.29 is 23.9 Å². The fourth-order valence-electron chi connectivity index (χ4n) is 3.43. The van der Waals surface area contributed by atoms with E-state index in [4.69, 9.17) is 14.2 Å². The Morgan fingerprint density at radius 3 is 2.69 bits per heavy atom. The quantitative estimate of drug-likeness (QED) is 0.0994. The molecular weight excluding hydrogens is 631 g/mol. The van der Waals surface area contributed by atoms with Crippen molar-refractivity contribution in [2.45, 2.75) is 13.5 Å². The first-order valence-electron chi connectivity index (χ1n) is 10.3. The Kier molecular flexibility index (Phi) is 7.51. The molecule has 3 aromatic rings. The lowest BCUT2D eigenvalue weighted by molar-refractivity contribution is -0.385. The molecule has 10 heteroatoms. The summed E-state index contributed by atoms with van der Waals surface area (Å²) >= 11 is 5.61. The number of hydrogen-bond acceptors (Lipinski definition) is 7. The molecule has 1 heterocycles. The van der Waals surface area contributed by atoms with E-state index in [0.717, 1.165) is 13.6 Å². The first kappa shape index (κ1) is 24.9. The number of aliphatic imine (C=N–C) groups is 1. The Morgan fingerprint density at radius 1 is 1.20 bits per heavy atom. The maximum atomic E-state index is 12.4. The lowest BCUT2D eigenvalue weighted by Crippen LogP contribution is -2.06. The number of nitro groups is 1. The Morgan fingerprint density at radius 2 is 2.00 bits per heavy atom. The van der Waals surface area contributed by atoms with E-state index in [2.05, 4.69) is 43.5 Å². The highest BCUT2D eigenvalue weighted by atomic mass is 127. The van der Waals surface area contributed by atoms with Gasteiger partial charge >= 0.3 is 5.97 Å². The van der Waals surface area contributed by atoms with Crippen LogP contribution in [0.5, 0.6) is 11.5 Å². The van der Waals surface area contributed by atoms with E-state index in [0.29, 0.717) is 34.8 Å². The van der Waals surface area contributed by atoms with Crippen LogP contribution in [0.3, 0.4) is 0 Å². The summed E-state index contributed by atoms with van der Waals surface area (Å²) in [6.45, 7) is 1.98. The minimum atomic E-state index is -0.611. The van der Waals surface area contributed by atoms with Crippen LogP contribution in [0.25, 0.3) is 6.08 Å². The second-order valence-corrected chi connectivity index (χ2v) is 9.63. The fraction of sp³-hybridized carbons (Fsp3) is 0.120. The monoisotopic (exact) mass is 648 g/mol. The Hall–Kier alpha value is -3.25. The highest BCUT2D eigenvalue weighted by Crippen LogP contribution is 2.36. The van der Waals surface area contributed by atoms with Crippen LogP contribution in [0.4, 0.5) is 5.69 Å². The van der Waals surface area contributed by atoms with E-state index in [9.17, 15) is 14.9 Å². The van der Waals surface area contributed by atoms with Crippen LogP contribution < -0.4 is 9.47 Å². The largest absolute Gasteiger partial charge is 0.493 e. The molecule has 35 heavy (non-hydrogen) atoms. The van der Waals surface area contributed by atoms with Crippen molar-refractivity contribution in [3.63, 3.8) is 0 Å². The molecule has 0 fully saturated rings. The van der Waals surface area contributed by atoms with E-state index in [1.807, 2.05) is 30.3 Å². The lowest BCUT2D eigenvalue weighted by Gasteiger charge is -2.14. The van der Waals surface area contributed by atoms with E-state index in [1.165, 1.54) is 12.1 Å². The number of esters is 1. The van der Waals surface area contributed by atoms with Gasteiger partial charge in [-0.15, -0.1) is 0 Å². The zero-order valence-electron chi connectivity index (χ0n) is 18.6. The Balaban J connectivity index is 1.59. The van der Waals surface area contributed by atoms with Crippen LogP contribution in [-0.4, -0.2) is 23.9 Å². The summed E-state index contributed by atoms with van der Waals surface area (Å²) < 4.78 is 18.6. The maximum Gasteiger partial charge on any atom is 0.363 e. The second kappa shape index (κ2) is 10.6. The van der Waals surface area contributed by atoms with Gasteiger partial charge in [0.2, 0.25) is 5.90 Å². The number of hydrogen-bond donors (Lipinski definition) is 0. The van der Waals surface area contributed by atoms with Crippen molar-refractivity contribution in [2.75, 3.05) is 7.11 Å². The van der Waals surface area contributed by atoms with Crippen LogP contribution in [0.2, 0.25) is 0 Å². The molecule has 8 nitrogen and oxygen atoms in total. The third-order valence-corrected chi connectivity index (χ3v) is 6.38. The predicted octanol–water partition coefficient (Wildman–Crippen LogP) is 6.20. The number of rotatable bonds is 7. The molecule has 0 aromatic heterocycles. The molecule has 0 bridgehead atoms. The number of halogens is 2. The number of aryl methyl sites for hydroxylation is 1. The minimum Gasteiger partial charge on any atom is -0.493 e. The molecule has 4 rings (SSSR count). The van der Waals surface area contributed by atoms with Crippen molar-refractivity contribution in [3.8, 4) is 11.5 Å². The van der Waals surface area contributed by atoms with E-state index in [1.54, 1.807) is 32.2 Å². The summed E-state index contributed by atoms with van der Waals surface area (Å²) in [5.41, 5.74) is 2.70. The van der Waals surface area contributed by atoms with Crippen LogP contribution in [0.1, 0.15) is 22.3 Å². The van der Waals surface area contributed by atoms with Crippen molar-refractivity contribution >= 4 is 62.2 Å². The summed E-state index contributed by atoms with van der Waals surface area (Å²) in [6.07, 6.45) is 1.59. The van der Waals surface area contributed by atoms with Crippen molar-refractivity contribution in [1.82, 2.24) is 0 Å². The lowest BCUT2D eigenvalue weighted by atomic mass is 10.1. The Labute approximate surface area is 223 Å². The highest BCUT2D eigenvalue weighted by molar-refractivity contribution is 14.1. The van der Waals surface area contributed by atoms with Gasteiger partial charge in [-0.2, -0.15) is 0 Å². The molecule has 0 spiro atoms. The van der Waals surface area contributed by atoms with Crippen LogP contribution in [0.15, 0.2) is 69.8 Å². The molecule has 0 saturated heterocycles. The molecule has 178 valence electrons. The molecular formula is C25H18BrIN2O6.